The average molecular weight is 514 g/mol. The standard InChI is InChI=1S/C28H36FN3O5/c1-35-25-16-19(31-27-22(25)6-4-12-30-27)5-2-3-14-36-21-11-13-32(17-21)26(28(33)34)23-15-18(29)7-10-24(23)37-20-8-9-20/h7,10,15-16,20-21,26H,2-6,8-9,11-14,17H2,1H3,(H,30,31)(H,33,34)/t21-,26?/m1/s1. The van der Waals surface area contributed by atoms with Crippen LogP contribution in [0.15, 0.2) is 24.3 Å². The van der Waals surface area contributed by atoms with Crippen molar-refractivity contribution in [3.05, 3.63) is 46.9 Å². The van der Waals surface area contributed by atoms with Crippen molar-refractivity contribution in [2.75, 3.05) is 38.7 Å². The number of anilines is 1. The van der Waals surface area contributed by atoms with Gasteiger partial charge in [0.2, 0.25) is 0 Å². The molecule has 1 unspecified atom stereocenters. The highest BCUT2D eigenvalue weighted by molar-refractivity contribution is 5.77. The van der Waals surface area contributed by atoms with Gasteiger partial charge in [-0.05, 0) is 69.6 Å². The third kappa shape index (κ3) is 6.33. The third-order valence-electron chi connectivity index (χ3n) is 7.29. The van der Waals surface area contributed by atoms with Crippen LogP contribution in [0.1, 0.15) is 61.4 Å². The van der Waals surface area contributed by atoms with Gasteiger partial charge in [-0.15, -0.1) is 0 Å². The average Bonchev–Trinajstić information content (AvgIpc) is 3.60. The number of likely N-dealkylation sites (tertiary alicyclic amines) is 1. The molecule has 0 radical (unpaired) electrons. The van der Waals surface area contributed by atoms with Crippen LogP contribution in [0.5, 0.6) is 11.5 Å². The van der Waals surface area contributed by atoms with E-state index < -0.39 is 17.8 Å². The van der Waals surface area contributed by atoms with Crippen molar-refractivity contribution in [2.24, 2.45) is 0 Å². The van der Waals surface area contributed by atoms with Gasteiger partial charge in [-0.3, -0.25) is 9.69 Å². The Hall–Kier alpha value is -2.91. The molecule has 9 heteroatoms. The van der Waals surface area contributed by atoms with Crippen molar-refractivity contribution in [3.8, 4) is 11.5 Å². The van der Waals surface area contributed by atoms with Gasteiger partial charge < -0.3 is 24.6 Å². The van der Waals surface area contributed by atoms with E-state index >= 15 is 0 Å². The van der Waals surface area contributed by atoms with E-state index in [1.165, 1.54) is 12.1 Å². The summed E-state index contributed by atoms with van der Waals surface area (Å²) in [6, 6.07) is 5.25. The molecule has 1 aromatic carbocycles. The number of hydrogen-bond donors (Lipinski definition) is 2. The van der Waals surface area contributed by atoms with Crippen LogP contribution in [0.2, 0.25) is 0 Å². The first-order valence-corrected chi connectivity index (χ1v) is 13.4. The Labute approximate surface area is 217 Å². The minimum absolute atomic E-state index is 0.0469. The molecule has 37 heavy (non-hydrogen) atoms. The van der Waals surface area contributed by atoms with E-state index in [9.17, 15) is 14.3 Å². The van der Waals surface area contributed by atoms with Gasteiger partial charge >= 0.3 is 5.97 Å². The molecule has 2 aliphatic heterocycles. The van der Waals surface area contributed by atoms with Gasteiger partial charge in [0, 0.05) is 49.1 Å². The SMILES string of the molecule is COc1cc(CCCCO[C@@H]2CCN(C(C(=O)O)c3cc(F)ccc3OC3CC3)C2)nc2c1CCCN2. The highest BCUT2D eigenvalue weighted by Crippen LogP contribution is 2.37. The van der Waals surface area contributed by atoms with E-state index in [-0.39, 0.29) is 12.2 Å². The largest absolute Gasteiger partial charge is 0.496 e. The van der Waals surface area contributed by atoms with Crippen LogP contribution in [0.3, 0.4) is 0 Å². The fourth-order valence-electron chi connectivity index (χ4n) is 5.24. The lowest BCUT2D eigenvalue weighted by Crippen LogP contribution is -2.34. The van der Waals surface area contributed by atoms with Gasteiger partial charge in [-0.1, -0.05) is 0 Å². The highest BCUT2D eigenvalue weighted by atomic mass is 19.1. The van der Waals surface area contributed by atoms with E-state index in [1.807, 2.05) is 11.0 Å². The molecule has 0 spiro atoms. The summed E-state index contributed by atoms with van der Waals surface area (Å²) in [5, 5.41) is 13.4. The summed E-state index contributed by atoms with van der Waals surface area (Å²) in [6.45, 7) is 2.61. The molecule has 5 rings (SSSR count). The molecule has 3 aliphatic rings. The van der Waals surface area contributed by atoms with Crippen LogP contribution in [0, 0.1) is 5.82 Å². The van der Waals surface area contributed by atoms with Gasteiger partial charge in [-0.2, -0.15) is 0 Å². The number of unbranched alkanes of at least 4 members (excludes halogenated alkanes) is 1. The minimum Gasteiger partial charge on any atom is -0.496 e. The van der Waals surface area contributed by atoms with Gasteiger partial charge in [-0.25, -0.2) is 9.37 Å². The molecule has 1 saturated heterocycles. The van der Waals surface area contributed by atoms with Crippen LogP contribution in [0.4, 0.5) is 10.2 Å². The Morgan fingerprint density at radius 2 is 2.08 bits per heavy atom. The van der Waals surface area contributed by atoms with Gasteiger partial charge in [0.05, 0.1) is 19.3 Å². The Bertz CT molecular complexity index is 1090. The maximum atomic E-state index is 14.1. The second-order valence-electron chi connectivity index (χ2n) is 10.1. The molecule has 2 N–H and O–H groups in total. The zero-order valence-corrected chi connectivity index (χ0v) is 21.4. The van der Waals surface area contributed by atoms with E-state index in [1.54, 1.807) is 13.2 Å². The van der Waals surface area contributed by atoms with Crippen LogP contribution >= 0.6 is 0 Å². The lowest BCUT2D eigenvalue weighted by molar-refractivity contribution is -0.143. The molecule has 1 aromatic heterocycles. The smallest absolute Gasteiger partial charge is 0.325 e. The number of aromatic nitrogens is 1. The van der Waals surface area contributed by atoms with Crippen molar-refractivity contribution < 1.29 is 28.5 Å². The molecule has 0 bridgehead atoms. The maximum Gasteiger partial charge on any atom is 0.325 e. The Balaban J connectivity index is 1.12. The molecule has 8 nitrogen and oxygen atoms in total. The molecule has 1 aliphatic carbocycles. The summed E-state index contributed by atoms with van der Waals surface area (Å²) in [5.41, 5.74) is 2.55. The van der Waals surface area contributed by atoms with Gasteiger partial charge in [0.15, 0.2) is 0 Å². The van der Waals surface area contributed by atoms with Crippen LogP contribution in [-0.2, 0) is 22.4 Å². The Kier molecular flexibility index (Phi) is 8.10. The molecule has 200 valence electrons. The summed E-state index contributed by atoms with van der Waals surface area (Å²) in [7, 11) is 1.71. The van der Waals surface area contributed by atoms with Crippen molar-refractivity contribution in [3.63, 3.8) is 0 Å². The fourth-order valence-corrected chi connectivity index (χ4v) is 5.24. The summed E-state index contributed by atoms with van der Waals surface area (Å²) in [4.78, 5) is 18.9. The first-order valence-electron chi connectivity index (χ1n) is 13.4. The van der Waals surface area contributed by atoms with Gasteiger partial charge in [0.1, 0.15) is 29.2 Å². The number of fused-ring (bicyclic) bond motifs is 1. The predicted octanol–water partition coefficient (Wildman–Crippen LogP) is 4.37. The van der Waals surface area contributed by atoms with E-state index in [2.05, 4.69) is 5.32 Å². The zero-order valence-electron chi connectivity index (χ0n) is 21.4. The number of benzene rings is 1. The van der Waals surface area contributed by atoms with Crippen molar-refractivity contribution in [1.82, 2.24) is 9.88 Å². The van der Waals surface area contributed by atoms with Crippen LogP contribution in [0.25, 0.3) is 0 Å². The normalized spacial score (nSPS) is 20.2. The highest BCUT2D eigenvalue weighted by Gasteiger charge is 2.37. The van der Waals surface area contributed by atoms with Crippen LogP contribution < -0.4 is 14.8 Å². The molecule has 3 heterocycles. The lowest BCUT2D eigenvalue weighted by atomic mass is 10.0. The first kappa shape index (κ1) is 25.7. The van der Waals surface area contributed by atoms with Crippen LogP contribution in [-0.4, -0.2) is 66.5 Å². The number of aryl methyl sites for hydroxylation is 1. The molecular weight excluding hydrogens is 477 g/mol. The minimum atomic E-state index is -1.01. The van der Waals surface area contributed by atoms with E-state index in [0.29, 0.717) is 31.0 Å². The number of nitrogens with one attached hydrogen (secondary N) is 1. The number of ether oxygens (including phenoxy) is 3. The molecule has 0 amide bonds. The zero-order chi connectivity index (χ0) is 25.8. The number of methoxy groups -OCH3 is 1. The number of rotatable bonds is 12. The number of carboxylic acids is 1. The number of halogens is 1. The third-order valence-corrected chi connectivity index (χ3v) is 7.29. The number of aliphatic carboxylic acids is 1. The summed E-state index contributed by atoms with van der Waals surface area (Å²) in [6.07, 6.45) is 7.43. The second-order valence-corrected chi connectivity index (χ2v) is 10.1. The van der Waals surface area contributed by atoms with E-state index in [0.717, 1.165) is 80.7 Å². The van der Waals surface area contributed by atoms with Gasteiger partial charge in [0.25, 0.3) is 0 Å². The second kappa shape index (κ2) is 11.6. The summed E-state index contributed by atoms with van der Waals surface area (Å²) < 4.78 is 31.7. The summed E-state index contributed by atoms with van der Waals surface area (Å²) in [5.74, 6) is 0.849. The molecule has 2 aromatic rings. The number of pyridine rings is 1. The monoisotopic (exact) mass is 513 g/mol. The number of hydrogen-bond acceptors (Lipinski definition) is 7. The number of carboxylic acid groups (broad SMARTS) is 1. The first-order chi connectivity index (χ1) is 18.0. The maximum absolute atomic E-state index is 14.1. The topological polar surface area (TPSA) is 93.2 Å². The molecule has 2 fully saturated rings. The Morgan fingerprint density at radius 3 is 2.86 bits per heavy atom. The lowest BCUT2D eigenvalue weighted by Gasteiger charge is -2.26. The Morgan fingerprint density at radius 1 is 1.22 bits per heavy atom. The van der Waals surface area contributed by atoms with E-state index in [4.69, 9.17) is 19.2 Å². The summed E-state index contributed by atoms with van der Waals surface area (Å²) >= 11 is 0. The number of carbonyl (C=O) groups is 1. The predicted molar refractivity (Wildman–Crippen MR) is 137 cm³/mol. The van der Waals surface area contributed by atoms with Crippen molar-refractivity contribution in [1.29, 1.82) is 0 Å². The van der Waals surface area contributed by atoms with Crippen molar-refractivity contribution >= 4 is 11.8 Å². The molecule has 1 saturated carbocycles. The molecular formula is C28H36FN3O5. The number of nitrogens with zero attached hydrogens (tertiary/aromatic N) is 2. The quantitative estimate of drug-likeness (QED) is 0.404. The fraction of sp³-hybridized carbons (Fsp3) is 0.571. The molecule has 2 atom stereocenters. The van der Waals surface area contributed by atoms with Crippen molar-refractivity contribution in [2.45, 2.75) is 69.6 Å².